The number of aromatic nitrogens is 1. The number of nitrogen functional groups attached to an aromatic ring is 1. The van der Waals surface area contributed by atoms with Gasteiger partial charge in [-0.1, -0.05) is 6.92 Å². The molecular formula is C13H21N3. The van der Waals surface area contributed by atoms with Gasteiger partial charge in [0.05, 0.1) is 11.9 Å². The lowest BCUT2D eigenvalue weighted by Crippen LogP contribution is -2.28. The van der Waals surface area contributed by atoms with Crippen molar-refractivity contribution < 1.29 is 0 Å². The van der Waals surface area contributed by atoms with Crippen LogP contribution in [-0.4, -0.2) is 18.1 Å². The molecule has 0 amide bonds. The molecule has 2 rings (SSSR count). The quantitative estimate of drug-likeness (QED) is 0.827. The zero-order chi connectivity index (χ0) is 11.5. The van der Waals surface area contributed by atoms with Crippen LogP contribution >= 0.6 is 0 Å². The van der Waals surface area contributed by atoms with Gasteiger partial charge in [-0.25, -0.2) is 4.98 Å². The molecule has 0 unspecified atom stereocenters. The van der Waals surface area contributed by atoms with Crippen LogP contribution in [0.3, 0.4) is 0 Å². The molecule has 1 aliphatic carbocycles. The first-order chi connectivity index (χ1) is 7.70. The first-order valence-electron chi connectivity index (χ1n) is 6.17. The van der Waals surface area contributed by atoms with Crippen molar-refractivity contribution in [3.63, 3.8) is 0 Å². The van der Waals surface area contributed by atoms with E-state index in [9.17, 15) is 0 Å². The summed E-state index contributed by atoms with van der Waals surface area (Å²) >= 11 is 0. The Hall–Kier alpha value is -1.25. The number of nitrogens with two attached hydrogens (primary N) is 1. The third-order valence-electron chi connectivity index (χ3n) is 3.04. The topological polar surface area (TPSA) is 42.2 Å². The largest absolute Gasteiger partial charge is 0.397 e. The molecule has 0 aromatic carbocycles. The van der Waals surface area contributed by atoms with Crippen molar-refractivity contribution in [1.82, 2.24) is 4.98 Å². The van der Waals surface area contributed by atoms with Gasteiger partial charge in [-0.3, -0.25) is 0 Å². The maximum Gasteiger partial charge on any atom is 0.131 e. The van der Waals surface area contributed by atoms with Crippen molar-refractivity contribution in [2.45, 2.75) is 33.1 Å². The van der Waals surface area contributed by atoms with Crippen molar-refractivity contribution in [3.05, 3.63) is 17.8 Å². The molecule has 3 nitrogen and oxygen atoms in total. The first-order valence-corrected chi connectivity index (χ1v) is 6.17. The summed E-state index contributed by atoms with van der Waals surface area (Å²) in [6.07, 6.45) is 5.69. The van der Waals surface area contributed by atoms with Gasteiger partial charge in [-0.15, -0.1) is 0 Å². The van der Waals surface area contributed by atoms with Gasteiger partial charge in [0.2, 0.25) is 0 Å². The molecule has 1 aliphatic rings. The highest BCUT2D eigenvalue weighted by molar-refractivity contribution is 5.52. The van der Waals surface area contributed by atoms with E-state index in [2.05, 4.69) is 23.7 Å². The van der Waals surface area contributed by atoms with Gasteiger partial charge in [0, 0.05) is 13.1 Å². The Morgan fingerprint density at radius 3 is 2.81 bits per heavy atom. The summed E-state index contributed by atoms with van der Waals surface area (Å²) < 4.78 is 0. The van der Waals surface area contributed by atoms with Crippen molar-refractivity contribution in [3.8, 4) is 0 Å². The van der Waals surface area contributed by atoms with Crippen molar-refractivity contribution in [2.24, 2.45) is 5.92 Å². The number of hydrogen-bond donors (Lipinski definition) is 1. The molecule has 1 saturated carbocycles. The molecule has 3 heteroatoms. The van der Waals surface area contributed by atoms with E-state index in [1.165, 1.54) is 18.4 Å². The fraction of sp³-hybridized carbons (Fsp3) is 0.615. The van der Waals surface area contributed by atoms with Crippen LogP contribution in [0.15, 0.2) is 12.3 Å². The zero-order valence-electron chi connectivity index (χ0n) is 10.2. The number of anilines is 2. The highest BCUT2D eigenvalue weighted by Crippen LogP contribution is 2.32. The predicted octanol–water partition coefficient (Wildman–Crippen LogP) is 2.60. The van der Waals surface area contributed by atoms with Gasteiger partial charge in [0.1, 0.15) is 5.82 Å². The number of nitrogens with zero attached hydrogens (tertiary/aromatic N) is 2. The minimum atomic E-state index is 0.754. The summed E-state index contributed by atoms with van der Waals surface area (Å²) in [7, 11) is 0. The third kappa shape index (κ3) is 2.65. The molecule has 16 heavy (non-hydrogen) atoms. The highest BCUT2D eigenvalue weighted by Gasteiger charge is 2.25. The lowest BCUT2D eigenvalue weighted by molar-refractivity contribution is 0.697. The van der Waals surface area contributed by atoms with E-state index in [4.69, 9.17) is 5.73 Å². The summed E-state index contributed by atoms with van der Waals surface area (Å²) in [6, 6.07) is 2.01. The Morgan fingerprint density at radius 2 is 2.25 bits per heavy atom. The molecule has 0 radical (unpaired) electrons. The summed E-state index contributed by atoms with van der Waals surface area (Å²) in [5.41, 5.74) is 7.68. The molecule has 1 aromatic heterocycles. The first kappa shape index (κ1) is 11.2. The van der Waals surface area contributed by atoms with E-state index in [0.717, 1.165) is 36.9 Å². The molecule has 0 bridgehead atoms. The molecule has 1 fully saturated rings. The van der Waals surface area contributed by atoms with E-state index in [1.54, 1.807) is 6.20 Å². The molecule has 1 aromatic rings. The van der Waals surface area contributed by atoms with Gasteiger partial charge in [0.15, 0.2) is 0 Å². The van der Waals surface area contributed by atoms with Gasteiger partial charge in [-0.2, -0.15) is 0 Å². The molecular weight excluding hydrogens is 198 g/mol. The summed E-state index contributed by atoms with van der Waals surface area (Å²) in [6.45, 7) is 6.56. The Kier molecular flexibility index (Phi) is 3.32. The van der Waals surface area contributed by atoms with Crippen molar-refractivity contribution in [2.75, 3.05) is 23.7 Å². The molecule has 0 saturated heterocycles. The molecule has 2 N–H and O–H groups in total. The van der Waals surface area contributed by atoms with E-state index in [-0.39, 0.29) is 0 Å². The molecule has 0 atom stereocenters. The summed E-state index contributed by atoms with van der Waals surface area (Å²) in [4.78, 5) is 6.89. The van der Waals surface area contributed by atoms with Gasteiger partial charge in [-0.05, 0) is 43.7 Å². The van der Waals surface area contributed by atoms with Crippen LogP contribution in [0, 0.1) is 12.8 Å². The smallest absolute Gasteiger partial charge is 0.131 e. The van der Waals surface area contributed by atoms with Crippen LogP contribution in [0.5, 0.6) is 0 Å². The average Bonchev–Trinajstić information content (AvgIpc) is 3.01. The van der Waals surface area contributed by atoms with Crippen molar-refractivity contribution in [1.29, 1.82) is 0 Å². The standard InChI is InChI=1S/C13H21N3/c1-3-6-16(9-11-4-5-11)13-10(2)7-12(14)8-15-13/h7-8,11H,3-6,9,14H2,1-2H3. The second-order valence-electron chi connectivity index (χ2n) is 4.80. The van der Waals surface area contributed by atoms with Gasteiger partial charge in [0.25, 0.3) is 0 Å². The van der Waals surface area contributed by atoms with Crippen LogP contribution < -0.4 is 10.6 Å². The van der Waals surface area contributed by atoms with Crippen LogP contribution in [-0.2, 0) is 0 Å². The maximum atomic E-state index is 5.73. The number of pyridine rings is 1. The maximum absolute atomic E-state index is 5.73. The van der Waals surface area contributed by atoms with Gasteiger partial charge < -0.3 is 10.6 Å². The SMILES string of the molecule is CCCN(CC1CC1)c1ncc(N)cc1C. The van der Waals surface area contributed by atoms with Crippen molar-refractivity contribution >= 4 is 11.5 Å². The lowest BCUT2D eigenvalue weighted by atomic mass is 10.2. The van der Waals surface area contributed by atoms with Crippen LogP contribution in [0.2, 0.25) is 0 Å². The van der Waals surface area contributed by atoms with Crippen LogP contribution in [0.4, 0.5) is 11.5 Å². The fourth-order valence-corrected chi connectivity index (χ4v) is 2.09. The molecule has 0 spiro atoms. The normalized spacial score (nSPS) is 15.1. The zero-order valence-corrected chi connectivity index (χ0v) is 10.2. The lowest BCUT2D eigenvalue weighted by Gasteiger charge is -2.24. The highest BCUT2D eigenvalue weighted by atomic mass is 15.2. The Morgan fingerprint density at radius 1 is 1.50 bits per heavy atom. The molecule has 0 aliphatic heterocycles. The predicted molar refractivity (Wildman–Crippen MR) is 68.6 cm³/mol. The van der Waals surface area contributed by atoms with Gasteiger partial charge >= 0.3 is 0 Å². The monoisotopic (exact) mass is 219 g/mol. The fourth-order valence-electron chi connectivity index (χ4n) is 2.09. The summed E-state index contributed by atoms with van der Waals surface area (Å²) in [5, 5.41) is 0. The minimum Gasteiger partial charge on any atom is -0.397 e. The average molecular weight is 219 g/mol. The van der Waals surface area contributed by atoms with Crippen LogP contribution in [0.1, 0.15) is 31.7 Å². The van der Waals surface area contributed by atoms with E-state index in [0.29, 0.717) is 0 Å². The Labute approximate surface area is 97.7 Å². The Balaban J connectivity index is 2.15. The number of rotatable bonds is 5. The molecule has 88 valence electrons. The Bertz CT molecular complexity index is 358. The summed E-state index contributed by atoms with van der Waals surface area (Å²) in [5.74, 6) is 2.01. The van der Waals surface area contributed by atoms with E-state index < -0.39 is 0 Å². The van der Waals surface area contributed by atoms with Crippen LogP contribution in [0.25, 0.3) is 0 Å². The number of hydrogen-bond acceptors (Lipinski definition) is 3. The van der Waals surface area contributed by atoms with E-state index >= 15 is 0 Å². The second-order valence-corrected chi connectivity index (χ2v) is 4.80. The minimum absolute atomic E-state index is 0.754. The van der Waals surface area contributed by atoms with E-state index in [1.807, 2.05) is 6.07 Å². The second kappa shape index (κ2) is 4.73. The number of aryl methyl sites for hydroxylation is 1. The molecule has 1 heterocycles. The third-order valence-corrected chi connectivity index (χ3v) is 3.04.